The summed E-state index contributed by atoms with van der Waals surface area (Å²) < 4.78 is 5.70. The van der Waals surface area contributed by atoms with Gasteiger partial charge in [-0.3, -0.25) is 10.1 Å². The zero-order chi connectivity index (χ0) is 15.0. The molecule has 0 bridgehead atoms. The van der Waals surface area contributed by atoms with Crippen molar-refractivity contribution in [3.05, 3.63) is 28.3 Å². The summed E-state index contributed by atoms with van der Waals surface area (Å²) in [5.74, 6) is 0.420. The molecule has 3 rings (SSSR count). The van der Waals surface area contributed by atoms with E-state index in [1.165, 1.54) is 12.1 Å². The zero-order valence-corrected chi connectivity index (χ0v) is 11.9. The summed E-state index contributed by atoms with van der Waals surface area (Å²) in [6.45, 7) is 3.70. The summed E-state index contributed by atoms with van der Waals surface area (Å²) in [6.07, 6.45) is 2.16. The number of aromatic nitrogens is 1. The van der Waals surface area contributed by atoms with E-state index in [9.17, 15) is 10.1 Å². The predicted molar refractivity (Wildman–Crippen MR) is 79.2 cm³/mol. The van der Waals surface area contributed by atoms with Gasteiger partial charge in [-0.2, -0.15) is 4.98 Å². The van der Waals surface area contributed by atoms with Crippen LogP contribution in [0.25, 0.3) is 11.1 Å². The number of nitro benzene ring substituents is 1. The third-order valence-electron chi connectivity index (χ3n) is 4.04. The van der Waals surface area contributed by atoms with Gasteiger partial charge in [-0.25, -0.2) is 0 Å². The fourth-order valence-electron chi connectivity index (χ4n) is 2.76. The van der Waals surface area contributed by atoms with Crippen LogP contribution >= 0.6 is 0 Å². The predicted octanol–water partition coefficient (Wildman–Crippen LogP) is 2.30. The third-order valence-corrected chi connectivity index (χ3v) is 4.04. The number of anilines is 1. The van der Waals surface area contributed by atoms with Crippen molar-refractivity contribution in [2.24, 2.45) is 11.7 Å². The monoisotopic (exact) mass is 290 g/mol. The lowest BCUT2D eigenvalue weighted by Gasteiger charge is -2.33. The van der Waals surface area contributed by atoms with E-state index in [-0.39, 0.29) is 11.7 Å². The molecule has 0 spiro atoms. The number of oxazole rings is 1. The second kappa shape index (κ2) is 5.33. The van der Waals surface area contributed by atoms with Gasteiger partial charge in [0.2, 0.25) is 0 Å². The van der Waals surface area contributed by atoms with Gasteiger partial charge >= 0.3 is 0 Å². The summed E-state index contributed by atoms with van der Waals surface area (Å²) >= 11 is 0. The van der Waals surface area contributed by atoms with Crippen LogP contribution in [-0.2, 0) is 0 Å². The van der Waals surface area contributed by atoms with E-state index in [2.05, 4.69) is 9.88 Å². The molecule has 0 saturated carbocycles. The summed E-state index contributed by atoms with van der Waals surface area (Å²) in [5.41, 5.74) is 7.08. The number of nitrogens with two attached hydrogens (primary N) is 1. The number of hydrogen-bond donors (Lipinski definition) is 1. The van der Waals surface area contributed by atoms with Gasteiger partial charge in [0.05, 0.1) is 11.0 Å². The lowest BCUT2D eigenvalue weighted by molar-refractivity contribution is -0.384. The highest BCUT2D eigenvalue weighted by molar-refractivity contribution is 5.77. The molecule has 1 aromatic heterocycles. The summed E-state index contributed by atoms with van der Waals surface area (Å²) in [7, 11) is 0. The molecule has 2 heterocycles. The van der Waals surface area contributed by atoms with Gasteiger partial charge in [0.1, 0.15) is 5.52 Å². The van der Waals surface area contributed by atoms with Crippen LogP contribution in [0.2, 0.25) is 0 Å². The number of rotatable bonds is 3. The maximum Gasteiger partial charge on any atom is 0.298 e. The Morgan fingerprint density at radius 2 is 2.38 bits per heavy atom. The van der Waals surface area contributed by atoms with Gasteiger partial charge < -0.3 is 15.1 Å². The fourth-order valence-corrected chi connectivity index (χ4v) is 2.76. The molecule has 2 N–H and O–H groups in total. The maximum absolute atomic E-state index is 10.8. The quantitative estimate of drug-likeness (QED) is 0.688. The topological polar surface area (TPSA) is 98.4 Å². The molecular formula is C14H18N4O3. The average Bonchev–Trinajstić information content (AvgIpc) is 2.90. The minimum Gasteiger partial charge on any atom is -0.423 e. The van der Waals surface area contributed by atoms with E-state index in [4.69, 9.17) is 10.2 Å². The number of fused-ring (bicyclic) bond motifs is 1. The van der Waals surface area contributed by atoms with Crippen molar-refractivity contribution in [3.63, 3.8) is 0 Å². The highest BCUT2D eigenvalue weighted by Gasteiger charge is 2.25. The molecule has 1 aliphatic rings. The molecule has 0 amide bonds. The van der Waals surface area contributed by atoms with Gasteiger partial charge in [-0.1, -0.05) is 0 Å². The summed E-state index contributed by atoms with van der Waals surface area (Å²) in [6, 6.07) is 5.14. The third kappa shape index (κ3) is 2.69. The Morgan fingerprint density at radius 3 is 3.10 bits per heavy atom. The molecular weight excluding hydrogens is 272 g/mol. The number of nitrogens with zero attached hydrogens (tertiary/aromatic N) is 3. The molecule has 1 saturated heterocycles. The highest BCUT2D eigenvalue weighted by atomic mass is 16.6. The Morgan fingerprint density at radius 1 is 1.57 bits per heavy atom. The van der Waals surface area contributed by atoms with Gasteiger partial charge in [0.25, 0.3) is 11.7 Å². The van der Waals surface area contributed by atoms with E-state index in [1.54, 1.807) is 6.07 Å². The molecule has 1 fully saturated rings. The minimum absolute atomic E-state index is 0.0114. The Balaban J connectivity index is 1.88. The first-order valence-electron chi connectivity index (χ1n) is 7.10. The van der Waals surface area contributed by atoms with E-state index in [1.807, 2.05) is 6.92 Å². The molecule has 2 unspecified atom stereocenters. The van der Waals surface area contributed by atoms with Crippen LogP contribution in [0.1, 0.15) is 19.8 Å². The second-order valence-electron chi connectivity index (χ2n) is 5.61. The molecule has 1 aromatic carbocycles. The maximum atomic E-state index is 10.8. The number of hydrogen-bond acceptors (Lipinski definition) is 6. The van der Waals surface area contributed by atoms with Crippen LogP contribution in [-0.4, -0.2) is 29.0 Å². The van der Waals surface area contributed by atoms with Gasteiger partial charge in [0, 0.05) is 25.2 Å². The smallest absolute Gasteiger partial charge is 0.298 e. The lowest BCUT2D eigenvalue weighted by atomic mass is 9.92. The van der Waals surface area contributed by atoms with Crippen molar-refractivity contribution in [3.8, 4) is 0 Å². The summed E-state index contributed by atoms with van der Waals surface area (Å²) in [5, 5.41) is 10.8. The van der Waals surface area contributed by atoms with Gasteiger partial charge in [-0.15, -0.1) is 0 Å². The van der Waals surface area contributed by atoms with Crippen molar-refractivity contribution in [1.82, 2.24) is 4.98 Å². The van der Waals surface area contributed by atoms with Crippen molar-refractivity contribution in [2.75, 3.05) is 18.0 Å². The van der Waals surface area contributed by atoms with Crippen LogP contribution in [0.5, 0.6) is 0 Å². The van der Waals surface area contributed by atoms with Crippen LogP contribution in [0.15, 0.2) is 22.6 Å². The van der Waals surface area contributed by atoms with Crippen LogP contribution in [0, 0.1) is 16.0 Å². The standard InChI is InChI=1S/C14H18N4O3/c1-9(15)10-3-2-6-17(8-10)14-16-12-5-4-11(18(19)20)7-13(12)21-14/h4-5,7,9-10H,2-3,6,8,15H2,1H3. The first kappa shape index (κ1) is 13.8. The van der Waals surface area contributed by atoms with Gasteiger partial charge in [-0.05, 0) is 31.7 Å². The fraction of sp³-hybridized carbons (Fsp3) is 0.500. The number of nitro groups is 1. The normalized spacial score (nSPS) is 20.7. The van der Waals surface area contributed by atoms with Crippen LogP contribution < -0.4 is 10.6 Å². The Kier molecular flexibility index (Phi) is 3.50. The molecule has 21 heavy (non-hydrogen) atoms. The zero-order valence-electron chi connectivity index (χ0n) is 11.9. The molecule has 2 aromatic rings. The number of non-ortho nitro benzene ring substituents is 1. The Bertz CT molecular complexity index is 667. The van der Waals surface area contributed by atoms with Crippen molar-refractivity contribution < 1.29 is 9.34 Å². The number of piperidine rings is 1. The second-order valence-corrected chi connectivity index (χ2v) is 5.61. The van der Waals surface area contributed by atoms with Crippen LogP contribution in [0.3, 0.4) is 0 Å². The molecule has 112 valence electrons. The SMILES string of the molecule is CC(N)C1CCCN(c2nc3ccc([N+](=O)[O-])cc3o2)C1. The number of benzene rings is 1. The van der Waals surface area contributed by atoms with Crippen molar-refractivity contribution >= 4 is 22.8 Å². The van der Waals surface area contributed by atoms with E-state index in [0.717, 1.165) is 25.9 Å². The molecule has 2 atom stereocenters. The lowest BCUT2D eigenvalue weighted by Crippen LogP contribution is -2.42. The largest absolute Gasteiger partial charge is 0.423 e. The Labute approximate surface area is 121 Å². The first-order chi connectivity index (χ1) is 10.0. The van der Waals surface area contributed by atoms with E-state index < -0.39 is 4.92 Å². The van der Waals surface area contributed by atoms with E-state index >= 15 is 0 Å². The molecule has 0 aliphatic carbocycles. The van der Waals surface area contributed by atoms with Crippen molar-refractivity contribution in [2.45, 2.75) is 25.8 Å². The van der Waals surface area contributed by atoms with E-state index in [0.29, 0.717) is 23.0 Å². The minimum atomic E-state index is -0.436. The average molecular weight is 290 g/mol. The summed E-state index contributed by atoms with van der Waals surface area (Å²) in [4.78, 5) is 16.9. The van der Waals surface area contributed by atoms with Gasteiger partial charge in [0.15, 0.2) is 5.58 Å². The molecule has 7 heteroatoms. The van der Waals surface area contributed by atoms with Crippen molar-refractivity contribution in [1.29, 1.82) is 0 Å². The Hall–Kier alpha value is -2.15. The highest BCUT2D eigenvalue weighted by Crippen LogP contribution is 2.29. The first-order valence-corrected chi connectivity index (χ1v) is 7.10. The molecule has 0 radical (unpaired) electrons. The molecule has 1 aliphatic heterocycles. The molecule has 7 nitrogen and oxygen atoms in total. The van der Waals surface area contributed by atoms with Crippen LogP contribution in [0.4, 0.5) is 11.7 Å².